The van der Waals surface area contributed by atoms with E-state index in [9.17, 15) is 18.0 Å². The van der Waals surface area contributed by atoms with E-state index in [2.05, 4.69) is 10.4 Å². The summed E-state index contributed by atoms with van der Waals surface area (Å²) in [6.45, 7) is 0.686. The van der Waals surface area contributed by atoms with Gasteiger partial charge in [-0.1, -0.05) is 48.5 Å². The minimum Gasteiger partial charge on any atom is -0.492 e. The molecular weight excluding hydrogens is 554 g/mol. The molecule has 1 amide bonds. The fourth-order valence-corrected chi connectivity index (χ4v) is 5.13. The second-order valence-electron chi connectivity index (χ2n) is 9.90. The molecule has 5 rings (SSSR count). The molecule has 1 aromatic heterocycles. The number of carboxylic acid groups (broad SMARTS) is 1. The van der Waals surface area contributed by atoms with Crippen molar-refractivity contribution in [3.8, 4) is 5.75 Å². The van der Waals surface area contributed by atoms with Crippen molar-refractivity contribution >= 4 is 28.1 Å². The molecule has 1 unspecified atom stereocenters. The second-order valence-corrected chi connectivity index (χ2v) is 9.90. The molecule has 1 aliphatic heterocycles. The average Bonchev–Trinajstić information content (AvgIpc) is 3.31. The van der Waals surface area contributed by atoms with Crippen molar-refractivity contribution in [1.29, 1.82) is 0 Å². The van der Waals surface area contributed by atoms with E-state index in [1.165, 1.54) is 10.7 Å². The summed E-state index contributed by atoms with van der Waals surface area (Å²) in [5.74, 6) is -0.311. The van der Waals surface area contributed by atoms with Gasteiger partial charge in [-0.25, -0.2) is 9.48 Å². The Labute approximate surface area is 239 Å². The van der Waals surface area contributed by atoms with Crippen LogP contribution in [0.5, 0.6) is 5.75 Å². The van der Waals surface area contributed by atoms with Crippen LogP contribution in [0, 0.1) is 5.95 Å². The lowest BCUT2D eigenvalue weighted by Crippen LogP contribution is -2.26. The summed E-state index contributed by atoms with van der Waals surface area (Å²) in [4.78, 5) is 10.6. The number of halogens is 4. The zero-order chi connectivity index (χ0) is 29.7. The Morgan fingerprint density at radius 2 is 1.76 bits per heavy atom. The summed E-state index contributed by atoms with van der Waals surface area (Å²) >= 11 is 0. The lowest BCUT2D eigenvalue weighted by atomic mass is 9.87. The Bertz CT molecular complexity index is 1560. The van der Waals surface area contributed by atoms with Gasteiger partial charge in [-0.2, -0.15) is 17.6 Å². The quantitative estimate of drug-likeness (QED) is 0.122. The number of hydrogen-bond donors (Lipinski definition) is 2. The number of nitrogens with one attached hydrogen (secondary N) is 1. The van der Waals surface area contributed by atoms with Gasteiger partial charge in [-0.15, -0.1) is 5.10 Å². The molecule has 1 fully saturated rings. The van der Waals surface area contributed by atoms with E-state index < -0.39 is 30.9 Å². The number of ether oxygens (including phenoxy) is 2. The van der Waals surface area contributed by atoms with E-state index in [1.807, 2.05) is 0 Å². The van der Waals surface area contributed by atoms with Gasteiger partial charge < -0.3 is 19.9 Å². The molecule has 1 atom stereocenters. The lowest BCUT2D eigenvalue weighted by molar-refractivity contribution is -0.122. The summed E-state index contributed by atoms with van der Waals surface area (Å²) in [5.41, 5.74) is 2.07. The fraction of sp³-hybridized carbons (Fsp3) is 0.290. The highest BCUT2D eigenvalue weighted by Gasteiger charge is 2.32. The Morgan fingerprint density at radius 3 is 2.43 bits per heavy atom. The molecule has 2 N–H and O–H groups in total. The summed E-state index contributed by atoms with van der Waals surface area (Å²) in [5, 5.41) is 15.2. The van der Waals surface area contributed by atoms with Gasteiger partial charge in [0.2, 0.25) is 5.95 Å². The van der Waals surface area contributed by atoms with E-state index >= 15 is 4.39 Å². The van der Waals surface area contributed by atoms with E-state index in [0.29, 0.717) is 46.6 Å². The van der Waals surface area contributed by atoms with Crippen molar-refractivity contribution in [1.82, 2.24) is 15.1 Å². The number of hydrogen-bond acceptors (Lipinski definition) is 4. The first-order valence-corrected chi connectivity index (χ1v) is 13.5. The molecule has 1 aliphatic rings. The van der Waals surface area contributed by atoms with Crippen LogP contribution in [0.25, 0.3) is 22.0 Å². The van der Waals surface area contributed by atoms with Crippen LogP contribution in [0.3, 0.4) is 0 Å². The van der Waals surface area contributed by atoms with Crippen LogP contribution in [0.15, 0.2) is 72.8 Å². The van der Waals surface area contributed by atoms with Gasteiger partial charge in [-0.3, -0.25) is 0 Å². The number of rotatable bonds is 9. The Kier molecular flexibility index (Phi) is 8.77. The molecule has 220 valence electrons. The highest BCUT2D eigenvalue weighted by atomic mass is 19.4. The molecule has 3 aromatic carbocycles. The molecule has 7 nitrogen and oxygen atoms in total. The Balaban J connectivity index is 1.61. The first-order valence-electron chi connectivity index (χ1n) is 13.5. The van der Waals surface area contributed by atoms with Crippen LogP contribution in [0.2, 0.25) is 0 Å². The van der Waals surface area contributed by atoms with Crippen molar-refractivity contribution in [2.45, 2.75) is 38.1 Å². The maximum Gasteiger partial charge on any atom is 0.404 e. The molecule has 42 heavy (non-hydrogen) atoms. The number of alkyl halides is 3. The Morgan fingerprint density at radius 1 is 1.02 bits per heavy atom. The molecule has 11 heteroatoms. The number of carbonyl (C=O) groups is 1. The monoisotopic (exact) mass is 583 g/mol. The van der Waals surface area contributed by atoms with Crippen LogP contribution in [0.1, 0.15) is 48.6 Å². The molecule has 1 saturated heterocycles. The molecule has 0 aliphatic carbocycles. The molecule has 0 radical (unpaired) electrons. The van der Waals surface area contributed by atoms with Crippen molar-refractivity contribution in [2.75, 3.05) is 19.8 Å². The minimum atomic E-state index is -4.52. The Hall–Kier alpha value is -4.38. The van der Waals surface area contributed by atoms with E-state index in [0.717, 1.165) is 12.8 Å². The van der Waals surface area contributed by atoms with Gasteiger partial charge in [0.05, 0.1) is 23.9 Å². The van der Waals surface area contributed by atoms with Crippen molar-refractivity contribution < 1.29 is 36.9 Å². The van der Waals surface area contributed by atoms with E-state index in [1.54, 1.807) is 66.7 Å². The first-order chi connectivity index (χ1) is 20.2. The zero-order valence-corrected chi connectivity index (χ0v) is 22.5. The minimum absolute atomic E-state index is 0.0326. The van der Waals surface area contributed by atoms with Gasteiger partial charge in [-0.05, 0) is 71.4 Å². The van der Waals surface area contributed by atoms with Crippen LogP contribution in [0.4, 0.5) is 22.4 Å². The normalized spacial score (nSPS) is 16.2. The number of allylic oxidation sites excluding steroid dienone is 1. The van der Waals surface area contributed by atoms with Crippen molar-refractivity contribution in [2.24, 2.45) is 0 Å². The summed E-state index contributed by atoms with van der Waals surface area (Å²) in [7, 11) is 0. The molecule has 0 spiro atoms. The predicted molar refractivity (Wildman–Crippen MR) is 150 cm³/mol. The SMILES string of the molecule is O=C(O)NCCOc1ccc(/C(=C(/CC(F)(F)F)c2ccccc2)c2ccc3c(c2)c(F)nn3C2CCCCO2)cc1. The number of aromatic nitrogens is 2. The predicted octanol–water partition coefficient (Wildman–Crippen LogP) is 7.43. The molecule has 0 saturated carbocycles. The summed E-state index contributed by atoms with van der Waals surface area (Å²) < 4.78 is 70.1. The van der Waals surface area contributed by atoms with Gasteiger partial charge in [0.1, 0.15) is 12.4 Å². The van der Waals surface area contributed by atoms with Crippen LogP contribution < -0.4 is 10.1 Å². The number of nitrogens with zero attached hydrogens (tertiary/aromatic N) is 2. The van der Waals surface area contributed by atoms with Gasteiger partial charge in [0.25, 0.3) is 0 Å². The fourth-order valence-electron chi connectivity index (χ4n) is 5.13. The average molecular weight is 584 g/mol. The molecule has 4 aromatic rings. The molecule has 2 heterocycles. The summed E-state index contributed by atoms with van der Waals surface area (Å²) in [6.07, 6.45) is -4.78. The maximum atomic E-state index is 15.2. The van der Waals surface area contributed by atoms with Crippen molar-refractivity contribution in [3.63, 3.8) is 0 Å². The number of benzene rings is 3. The van der Waals surface area contributed by atoms with E-state index in [4.69, 9.17) is 14.6 Å². The summed E-state index contributed by atoms with van der Waals surface area (Å²) in [6, 6.07) is 19.6. The number of amides is 1. The molecule has 0 bridgehead atoms. The lowest BCUT2D eigenvalue weighted by Gasteiger charge is -2.23. The highest BCUT2D eigenvalue weighted by Crippen LogP contribution is 2.41. The smallest absolute Gasteiger partial charge is 0.404 e. The molecular formula is C31H29F4N3O4. The maximum absolute atomic E-state index is 15.2. The second kappa shape index (κ2) is 12.6. The van der Waals surface area contributed by atoms with Crippen LogP contribution >= 0.6 is 0 Å². The zero-order valence-electron chi connectivity index (χ0n) is 22.5. The third-order valence-corrected chi connectivity index (χ3v) is 6.97. The first kappa shape index (κ1) is 29.1. The highest BCUT2D eigenvalue weighted by molar-refractivity contribution is 6.00. The number of fused-ring (bicyclic) bond motifs is 1. The van der Waals surface area contributed by atoms with Crippen LogP contribution in [-0.4, -0.2) is 46.9 Å². The third kappa shape index (κ3) is 6.91. The largest absolute Gasteiger partial charge is 0.492 e. The third-order valence-electron chi connectivity index (χ3n) is 6.97. The van der Waals surface area contributed by atoms with Crippen LogP contribution in [-0.2, 0) is 4.74 Å². The van der Waals surface area contributed by atoms with Gasteiger partial charge in [0.15, 0.2) is 6.23 Å². The van der Waals surface area contributed by atoms with E-state index in [-0.39, 0.29) is 24.1 Å². The standard InChI is InChI=1S/C31H29F4N3O4/c32-29-24-18-22(11-14-26(24)38(37-29)27-8-4-5-16-42-27)28(25(19-31(33,34)35)20-6-2-1-3-7-20)21-9-12-23(13-10-21)41-17-15-36-30(39)40/h1-3,6-7,9-14,18,27,36H,4-5,8,15-17,19H2,(H,39,40)/b28-25+. The topological polar surface area (TPSA) is 85.6 Å². The van der Waals surface area contributed by atoms with Crippen molar-refractivity contribution in [3.05, 3.63) is 95.4 Å². The van der Waals surface area contributed by atoms with Gasteiger partial charge in [0, 0.05) is 6.61 Å². The van der Waals surface area contributed by atoms with Gasteiger partial charge >= 0.3 is 12.3 Å².